The minimum atomic E-state index is -0.241. The maximum Gasteiger partial charge on any atom is 0.241 e. The predicted molar refractivity (Wildman–Crippen MR) is 126 cm³/mol. The molecule has 1 saturated heterocycles. The van der Waals surface area contributed by atoms with Gasteiger partial charge in [0.2, 0.25) is 5.91 Å². The fourth-order valence-electron chi connectivity index (χ4n) is 4.50. The van der Waals surface area contributed by atoms with Crippen LogP contribution in [0.3, 0.4) is 0 Å². The van der Waals surface area contributed by atoms with Crippen LogP contribution in [0, 0.1) is 0 Å². The van der Waals surface area contributed by atoms with Gasteiger partial charge >= 0.3 is 0 Å². The zero-order valence-electron chi connectivity index (χ0n) is 19.1. The van der Waals surface area contributed by atoms with Crippen molar-refractivity contribution in [2.24, 2.45) is 0 Å². The first-order valence-corrected chi connectivity index (χ1v) is 11.0. The molecule has 32 heavy (non-hydrogen) atoms. The molecule has 1 aromatic heterocycles. The van der Waals surface area contributed by atoms with Crippen LogP contribution >= 0.6 is 0 Å². The smallest absolute Gasteiger partial charge is 0.241 e. The number of piperidine rings is 1. The Hall–Kier alpha value is -3.19. The lowest BCUT2D eigenvalue weighted by atomic mass is 9.88. The molecule has 1 aliphatic rings. The summed E-state index contributed by atoms with van der Waals surface area (Å²) < 4.78 is 16.1. The number of hydrogen-bond donors (Lipinski definition) is 2. The van der Waals surface area contributed by atoms with Crippen LogP contribution in [0.25, 0.3) is 10.9 Å². The van der Waals surface area contributed by atoms with Gasteiger partial charge < -0.3 is 24.5 Å². The summed E-state index contributed by atoms with van der Waals surface area (Å²) >= 11 is 0. The fourth-order valence-corrected chi connectivity index (χ4v) is 4.50. The zero-order valence-corrected chi connectivity index (χ0v) is 19.1. The Kier molecular flexibility index (Phi) is 6.55. The van der Waals surface area contributed by atoms with E-state index >= 15 is 0 Å². The number of H-pyrrole nitrogens is 1. The van der Waals surface area contributed by atoms with Crippen LogP contribution < -0.4 is 19.5 Å². The standard InChI is InChI=1S/C25H31N3O4/c1-16(25(29)27-23-14-19(31-3)6-8-24(23)32-4)28-11-9-17(10-12-28)21-15-26-22-7-5-18(30-2)13-20(21)22/h5-8,13-17,26H,9-12H2,1-4H3,(H,27,29). The number of rotatable bonds is 7. The molecular weight excluding hydrogens is 406 g/mol. The van der Waals surface area contributed by atoms with Crippen molar-refractivity contribution in [2.75, 3.05) is 39.7 Å². The van der Waals surface area contributed by atoms with Crippen molar-refractivity contribution in [3.63, 3.8) is 0 Å². The van der Waals surface area contributed by atoms with Gasteiger partial charge in [-0.3, -0.25) is 9.69 Å². The van der Waals surface area contributed by atoms with Gasteiger partial charge in [-0.1, -0.05) is 0 Å². The number of methoxy groups -OCH3 is 3. The maximum absolute atomic E-state index is 13.0. The molecule has 1 fully saturated rings. The largest absolute Gasteiger partial charge is 0.497 e. The summed E-state index contributed by atoms with van der Waals surface area (Å²) in [7, 11) is 4.88. The van der Waals surface area contributed by atoms with Crippen LogP contribution in [0.4, 0.5) is 5.69 Å². The Morgan fingerprint density at radius 3 is 2.41 bits per heavy atom. The number of nitrogens with one attached hydrogen (secondary N) is 2. The van der Waals surface area contributed by atoms with Gasteiger partial charge in [0.05, 0.1) is 33.1 Å². The van der Waals surface area contributed by atoms with Gasteiger partial charge in [-0.25, -0.2) is 0 Å². The van der Waals surface area contributed by atoms with E-state index in [1.165, 1.54) is 10.9 Å². The lowest BCUT2D eigenvalue weighted by Crippen LogP contribution is -2.45. The van der Waals surface area contributed by atoms with Crippen molar-refractivity contribution in [3.8, 4) is 17.2 Å². The first kappa shape index (κ1) is 22.0. The highest BCUT2D eigenvalue weighted by atomic mass is 16.5. The van der Waals surface area contributed by atoms with E-state index in [1.54, 1.807) is 33.5 Å². The average molecular weight is 438 g/mol. The van der Waals surface area contributed by atoms with Gasteiger partial charge in [0.15, 0.2) is 0 Å². The molecule has 1 amide bonds. The monoisotopic (exact) mass is 437 g/mol. The number of carbonyl (C=O) groups is 1. The Balaban J connectivity index is 1.41. The minimum absolute atomic E-state index is 0.0492. The van der Waals surface area contributed by atoms with Gasteiger partial charge in [-0.2, -0.15) is 0 Å². The SMILES string of the molecule is COc1ccc(OC)c(NC(=O)C(C)N2CCC(c3c[nH]c4ccc(OC)cc34)CC2)c1. The number of likely N-dealkylation sites (tertiary alicyclic amines) is 1. The molecule has 7 heteroatoms. The van der Waals surface area contributed by atoms with E-state index in [0.29, 0.717) is 23.1 Å². The molecule has 0 saturated carbocycles. The Morgan fingerprint density at radius 1 is 1.03 bits per heavy atom. The highest BCUT2D eigenvalue weighted by Crippen LogP contribution is 2.35. The first-order chi connectivity index (χ1) is 15.5. The zero-order chi connectivity index (χ0) is 22.7. The first-order valence-electron chi connectivity index (χ1n) is 11.0. The summed E-state index contributed by atoms with van der Waals surface area (Å²) in [6.45, 7) is 3.69. The highest BCUT2D eigenvalue weighted by molar-refractivity contribution is 5.96. The van der Waals surface area contributed by atoms with Crippen LogP contribution in [0.5, 0.6) is 17.2 Å². The fraction of sp³-hybridized carbons (Fsp3) is 0.400. The third kappa shape index (κ3) is 4.39. The molecule has 2 aromatic carbocycles. The Labute approximate surface area is 188 Å². The molecule has 2 heterocycles. The second-order valence-corrected chi connectivity index (χ2v) is 8.20. The molecule has 0 aliphatic carbocycles. The summed E-state index contributed by atoms with van der Waals surface area (Å²) in [5.41, 5.74) is 3.08. The summed E-state index contributed by atoms with van der Waals surface area (Å²) in [5.74, 6) is 2.56. The molecular formula is C25H31N3O4. The van der Waals surface area contributed by atoms with Gasteiger partial charge in [-0.05, 0) is 74.7 Å². The van der Waals surface area contributed by atoms with Gasteiger partial charge in [-0.15, -0.1) is 0 Å². The van der Waals surface area contributed by atoms with Crippen LogP contribution in [0.15, 0.2) is 42.6 Å². The molecule has 0 radical (unpaired) electrons. The van der Waals surface area contributed by atoms with E-state index in [1.807, 2.05) is 19.1 Å². The lowest BCUT2D eigenvalue weighted by molar-refractivity contribution is -0.121. The number of anilines is 1. The normalized spacial score (nSPS) is 16.0. The Bertz CT molecular complexity index is 1090. The lowest BCUT2D eigenvalue weighted by Gasteiger charge is -2.35. The molecule has 1 aliphatic heterocycles. The molecule has 1 unspecified atom stereocenters. The van der Waals surface area contributed by atoms with E-state index in [9.17, 15) is 4.79 Å². The van der Waals surface area contributed by atoms with E-state index in [0.717, 1.165) is 37.2 Å². The number of benzene rings is 2. The molecule has 170 valence electrons. The van der Waals surface area contributed by atoms with Crippen molar-refractivity contribution in [1.82, 2.24) is 9.88 Å². The third-order valence-electron chi connectivity index (χ3n) is 6.48. The Morgan fingerprint density at radius 2 is 1.72 bits per heavy atom. The predicted octanol–water partition coefficient (Wildman–Crippen LogP) is 4.40. The third-order valence-corrected chi connectivity index (χ3v) is 6.48. The molecule has 1 atom stereocenters. The van der Waals surface area contributed by atoms with Gasteiger partial charge in [0.25, 0.3) is 0 Å². The summed E-state index contributed by atoms with van der Waals surface area (Å²) in [6.07, 6.45) is 4.13. The number of ether oxygens (including phenoxy) is 3. The number of fused-ring (bicyclic) bond motifs is 1. The second-order valence-electron chi connectivity index (χ2n) is 8.20. The molecule has 0 spiro atoms. The quantitative estimate of drug-likeness (QED) is 0.573. The number of aromatic amines is 1. The number of hydrogen-bond acceptors (Lipinski definition) is 5. The van der Waals surface area contributed by atoms with Crippen molar-refractivity contribution in [2.45, 2.75) is 31.7 Å². The van der Waals surface area contributed by atoms with E-state index in [-0.39, 0.29) is 11.9 Å². The van der Waals surface area contributed by atoms with Crippen molar-refractivity contribution < 1.29 is 19.0 Å². The van der Waals surface area contributed by atoms with Crippen LogP contribution in [0.2, 0.25) is 0 Å². The van der Waals surface area contributed by atoms with Crippen LogP contribution in [-0.4, -0.2) is 56.3 Å². The highest BCUT2D eigenvalue weighted by Gasteiger charge is 2.29. The van der Waals surface area contributed by atoms with E-state index in [4.69, 9.17) is 14.2 Å². The summed E-state index contributed by atoms with van der Waals surface area (Å²) in [6, 6.07) is 11.3. The number of carbonyl (C=O) groups excluding carboxylic acids is 1. The minimum Gasteiger partial charge on any atom is -0.497 e. The van der Waals surface area contributed by atoms with Crippen molar-refractivity contribution >= 4 is 22.5 Å². The maximum atomic E-state index is 13.0. The molecule has 3 aromatic rings. The van der Waals surface area contributed by atoms with E-state index < -0.39 is 0 Å². The number of nitrogens with zero attached hydrogens (tertiary/aromatic N) is 1. The topological polar surface area (TPSA) is 75.8 Å². The second kappa shape index (κ2) is 9.53. The van der Waals surface area contributed by atoms with Crippen LogP contribution in [-0.2, 0) is 4.79 Å². The summed E-state index contributed by atoms with van der Waals surface area (Å²) in [4.78, 5) is 18.6. The van der Waals surface area contributed by atoms with Gasteiger partial charge in [0.1, 0.15) is 17.2 Å². The molecule has 7 nitrogen and oxygen atoms in total. The van der Waals surface area contributed by atoms with E-state index in [2.05, 4.69) is 33.5 Å². The molecule has 2 N–H and O–H groups in total. The number of aromatic nitrogens is 1. The average Bonchev–Trinajstić information content (AvgIpc) is 3.26. The van der Waals surface area contributed by atoms with Gasteiger partial charge in [0, 0.05) is 23.2 Å². The van der Waals surface area contributed by atoms with Crippen molar-refractivity contribution in [3.05, 3.63) is 48.2 Å². The van der Waals surface area contributed by atoms with Crippen molar-refractivity contribution in [1.29, 1.82) is 0 Å². The molecule has 4 rings (SSSR count). The number of amides is 1. The van der Waals surface area contributed by atoms with Crippen LogP contribution in [0.1, 0.15) is 31.2 Å². The molecule has 0 bridgehead atoms. The summed E-state index contributed by atoms with van der Waals surface area (Å²) in [5, 5.41) is 4.23.